The predicted octanol–water partition coefficient (Wildman–Crippen LogP) is 3.00. The van der Waals surface area contributed by atoms with E-state index in [4.69, 9.17) is 0 Å². The summed E-state index contributed by atoms with van der Waals surface area (Å²) < 4.78 is 0. The molecule has 1 aromatic rings. The van der Waals surface area contributed by atoms with Gasteiger partial charge in [-0.15, -0.1) is 0 Å². The van der Waals surface area contributed by atoms with E-state index in [0.29, 0.717) is 5.70 Å². The van der Waals surface area contributed by atoms with Crippen LogP contribution in [0, 0.1) is 0 Å². The van der Waals surface area contributed by atoms with Gasteiger partial charge in [-0.05, 0) is 24.5 Å². The van der Waals surface area contributed by atoms with E-state index in [0.717, 1.165) is 31.2 Å². The Hall–Kier alpha value is -2.10. The first-order chi connectivity index (χ1) is 10.6. The fourth-order valence-corrected chi connectivity index (χ4v) is 2.75. The third-order valence-electron chi connectivity index (χ3n) is 3.86. The highest BCUT2D eigenvalue weighted by atomic mass is 16.2. The number of rotatable bonds is 4. The molecule has 0 heterocycles. The number of carbonyl (C=O) groups excluding carboxylic acids is 2. The first kappa shape index (κ1) is 16.3. The summed E-state index contributed by atoms with van der Waals surface area (Å²) in [6.45, 7) is 1.41. The van der Waals surface area contributed by atoms with Crippen molar-refractivity contribution in [3.63, 3.8) is 0 Å². The fraction of sp³-hybridized carbons (Fsp3) is 0.444. The van der Waals surface area contributed by atoms with Crippen LogP contribution in [0.25, 0.3) is 6.08 Å². The molecular formula is C18H24N2O2. The minimum Gasteiger partial charge on any atom is -0.348 e. The van der Waals surface area contributed by atoms with Gasteiger partial charge >= 0.3 is 0 Å². The number of nitrogens with one attached hydrogen (secondary N) is 2. The van der Waals surface area contributed by atoms with E-state index in [9.17, 15) is 9.59 Å². The highest BCUT2D eigenvalue weighted by Gasteiger charge is 2.18. The smallest absolute Gasteiger partial charge is 0.268 e. The van der Waals surface area contributed by atoms with Gasteiger partial charge in [0, 0.05) is 13.0 Å². The summed E-state index contributed by atoms with van der Waals surface area (Å²) >= 11 is 0. The third-order valence-corrected chi connectivity index (χ3v) is 3.86. The van der Waals surface area contributed by atoms with Crippen molar-refractivity contribution in [3.8, 4) is 0 Å². The minimum absolute atomic E-state index is 0.203. The van der Waals surface area contributed by atoms with Crippen LogP contribution >= 0.6 is 0 Å². The number of hydrogen-bond donors (Lipinski definition) is 2. The van der Waals surface area contributed by atoms with E-state index >= 15 is 0 Å². The molecule has 1 aliphatic rings. The average molecular weight is 300 g/mol. The number of benzene rings is 1. The van der Waals surface area contributed by atoms with E-state index in [1.54, 1.807) is 6.08 Å². The zero-order chi connectivity index (χ0) is 15.8. The highest BCUT2D eigenvalue weighted by molar-refractivity contribution is 6.01. The molecule has 1 fully saturated rings. The molecule has 2 rings (SSSR count). The Morgan fingerprint density at radius 2 is 1.68 bits per heavy atom. The molecule has 0 spiro atoms. The van der Waals surface area contributed by atoms with Crippen LogP contribution in [-0.4, -0.2) is 17.9 Å². The van der Waals surface area contributed by atoms with Crippen molar-refractivity contribution in [1.82, 2.24) is 10.6 Å². The molecule has 2 amide bonds. The number of carbonyl (C=O) groups is 2. The van der Waals surface area contributed by atoms with Gasteiger partial charge in [-0.1, -0.05) is 56.0 Å². The molecule has 0 aliphatic heterocycles. The van der Waals surface area contributed by atoms with Crippen molar-refractivity contribution < 1.29 is 9.59 Å². The first-order valence-corrected chi connectivity index (χ1v) is 8.00. The van der Waals surface area contributed by atoms with Gasteiger partial charge in [0.05, 0.1) is 0 Å². The topological polar surface area (TPSA) is 58.2 Å². The van der Waals surface area contributed by atoms with Crippen LogP contribution in [0.15, 0.2) is 36.0 Å². The van der Waals surface area contributed by atoms with Crippen molar-refractivity contribution in [3.05, 3.63) is 41.6 Å². The standard InChI is InChI=1S/C18H24N2O2/c1-14(21)19-17(13-15-9-5-4-6-10-15)18(22)20-16-11-7-2-3-8-12-16/h4-6,9-10,13,16H,2-3,7-8,11-12H2,1H3,(H,19,21)(H,20,22). The third kappa shape index (κ3) is 5.35. The Balaban J connectivity index is 2.08. The monoisotopic (exact) mass is 300 g/mol. The maximum absolute atomic E-state index is 12.5. The summed E-state index contributed by atoms with van der Waals surface area (Å²) in [7, 11) is 0. The summed E-state index contributed by atoms with van der Waals surface area (Å²) in [6, 6.07) is 9.74. The lowest BCUT2D eigenvalue weighted by molar-refractivity contribution is -0.122. The van der Waals surface area contributed by atoms with Crippen molar-refractivity contribution >= 4 is 17.9 Å². The molecule has 0 bridgehead atoms. The highest BCUT2D eigenvalue weighted by Crippen LogP contribution is 2.17. The zero-order valence-corrected chi connectivity index (χ0v) is 13.1. The molecule has 0 saturated heterocycles. The van der Waals surface area contributed by atoms with Gasteiger partial charge < -0.3 is 10.6 Å². The van der Waals surface area contributed by atoms with Gasteiger partial charge in [0.15, 0.2) is 0 Å². The van der Waals surface area contributed by atoms with Crippen LogP contribution < -0.4 is 10.6 Å². The lowest BCUT2D eigenvalue weighted by atomic mass is 10.1. The van der Waals surface area contributed by atoms with Crippen LogP contribution in [0.3, 0.4) is 0 Å². The predicted molar refractivity (Wildman–Crippen MR) is 87.9 cm³/mol. The van der Waals surface area contributed by atoms with Gasteiger partial charge in [-0.25, -0.2) is 0 Å². The molecule has 1 saturated carbocycles. The first-order valence-electron chi connectivity index (χ1n) is 8.00. The molecule has 4 nitrogen and oxygen atoms in total. The number of hydrogen-bond acceptors (Lipinski definition) is 2. The molecule has 0 aromatic heterocycles. The molecule has 0 atom stereocenters. The van der Waals surface area contributed by atoms with E-state index in [1.807, 2.05) is 30.3 Å². The fourth-order valence-electron chi connectivity index (χ4n) is 2.75. The Kier molecular flexibility index (Phi) is 6.19. The Bertz CT molecular complexity index is 529. The summed E-state index contributed by atoms with van der Waals surface area (Å²) in [5, 5.41) is 5.71. The molecule has 118 valence electrons. The Morgan fingerprint density at radius 3 is 2.27 bits per heavy atom. The molecular weight excluding hydrogens is 276 g/mol. The van der Waals surface area contributed by atoms with E-state index in [1.165, 1.54) is 19.8 Å². The summed E-state index contributed by atoms with van der Waals surface area (Å²) in [6.07, 6.45) is 8.55. The second-order valence-corrected chi connectivity index (χ2v) is 5.81. The van der Waals surface area contributed by atoms with Crippen molar-refractivity contribution in [2.75, 3.05) is 0 Å². The second-order valence-electron chi connectivity index (χ2n) is 5.81. The molecule has 0 radical (unpaired) electrons. The molecule has 1 aliphatic carbocycles. The molecule has 22 heavy (non-hydrogen) atoms. The summed E-state index contributed by atoms with van der Waals surface area (Å²) in [5.74, 6) is -0.441. The van der Waals surface area contributed by atoms with Crippen LogP contribution in [0.5, 0.6) is 0 Å². The lowest BCUT2D eigenvalue weighted by Gasteiger charge is -2.17. The Morgan fingerprint density at radius 1 is 1.05 bits per heavy atom. The minimum atomic E-state index is -0.238. The average Bonchev–Trinajstić information content (AvgIpc) is 2.76. The molecule has 4 heteroatoms. The maximum Gasteiger partial charge on any atom is 0.268 e. The molecule has 0 unspecified atom stereocenters. The van der Waals surface area contributed by atoms with E-state index in [2.05, 4.69) is 10.6 Å². The van der Waals surface area contributed by atoms with E-state index in [-0.39, 0.29) is 17.9 Å². The second kappa shape index (κ2) is 8.37. The van der Waals surface area contributed by atoms with Crippen LogP contribution in [0.4, 0.5) is 0 Å². The van der Waals surface area contributed by atoms with Gasteiger partial charge in [0.25, 0.3) is 5.91 Å². The van der Waals surface area contributed by atoms with Crippen LogP contribution in [-0.2, 0) is 9.59 Å². The molecule has 1 aromatic carbocycles. The van der Waals surface area contributed by atoms with Crippen molar-refractivity contribution in [1.29, 1.82) is 0 Å². The zero-order valence-electron chi connectivity index (χ0n) is 13.1. The maximum atomic E-state index is 12.5. The summed E-state index contributed by atoms with van der Waals surface area (Å²) in [4.78, 5) is 23.8. The van der Waals surface area contributed by atoms with Gasteiger partial charge in [0.1, 0.15) is 5.70 Å². The number of amides is 2. The Labute approximate surface area is 132 Å². The van der Waals surface area contributed by atoms with Crippen molar-refractivity contribution in [2.24, 2.45) is 0 Å². The summed E-state index contributed by atoms with van der Waals surface area (Å²) in [5.41, 5.74) is 1.20. The quantitative estimate of drug-likeness (QED) is 0.663. The lowest BCUT2D eigenvalue weighted by Crippen LogP contribution is -2.39. The largest absolute Gasteiger partial charge is 0.348 e. The van der Waals surface area contributed by atoms with Gasteiger partial charge in [0.2, 0.25) is 5.91 Å². The van der Waals surface area contributed by atoms with Crippen molar-refractivity contribution in [2.45, 2.75) is 51.5 Å². The molecule has 2 N–H and O–H groups in total. The van der Waals surface area contributed by atoms with Gasteiger partial charge in [-0.2, -0.15) is 0 Å². The normalized spacial score (nSPS) is 16.7. The van der Waals surface area contributed by atoms with Gasteiger partial charge in [-0.3, -0.25) is 9.59 Å². The SMILES string of the molecule is CC(=O)NC(=Cc1ccccc1)C(=O)NC1CCCCCC1. The van der Waals surface area contributed by atoms with E-state index < -0.39 is 0 Å². The van der Waals surface area contributed by atoms with Crippen LogP contribution in [0.2, 0.25) is 0 Å². The van der Waals surface area contributed by atoms with Crippen LogP contribution in [0.1, 0.15) is 51.0 Å².